The minimum Gasteiger partial charge on any atom is -0.464 e. The summed E-state index contributed by atoms with van der Waals surface area (Å²) in [6.45, 7) is 6.09. The van der Waals surface area contributed by atoms with Crippen molar-refractivity contribution in [3.05, 3.63) is 17.6 Å². The zero-order valence-electron chi connectivity index (χ0n) is 11.2. The van der Waals surface area contributed by atoms with E-state index >= 15 is 0 Å². The molecule has 2 atom stereocenters. The smallest absolute Gasteiger partial charge is 0.246 e. The van der Waals surface area contributed by atoms with Gasteiger partial charge in [-0.1, -0.05) is 0 Å². The first-order chi connectivity index (χ1) is 8.86. The average molecular weight is 308 g/mol. The summed E-state index contributed by atoms with van der Waals surface area (Å²) in [6, 6.07) is 1.32. The fourth-order valence-electron chi connectivity index (χ4n) is 2.18. The van der Waals surface area contributed by atoms with Crippen LogP contribution in [0.4, 0.5) is 0 Å². The monoisotopic (exact) mass is 307 g/mol. The molecule has 0 bridgehead atoms. The van der Waals surface area contributed by atoms with E-state index in [-0.39, 0.29) is 22.9 Å². The molecule has 2 unspecified atom stereocenters. The van der Waals surface area contributed by atoms with Gasteiger partial charge in [0.15, 0.2) is 0 Å². The van der Waals surface area contributed by atoms with E-state index in [1.807, 2.05) is 13.8 Å². The van der Waals surface area contributed by atoms with Crippen LogP contribution in [0.5, 0.6) is 0 Å². The zero-order chi connectivity index (χ0) is 14.2. The van der Waals surface area contributed by atoms with Gasteiger partial charge in [-0.25, -0.2) is 8.42 Å². The molecule has 5 nitrogen and oxygen atoms in total. The van der Waals surface area contributed by atoms with Crippen LogP contribution in [0.3, 0.4) is 0 Å². The van der Waals surface area contributed by atoms with E-state index in [2.05, 4.69) is 0 Å². The number of hydrogen-bond acceptors (Lipinski definition) is 4. The number of morpholine rings is 1. The Kier molecular flexibility index (Phi) is 4.25. The molecule has 2 heterocycles. The Morgan fingerprint density at radius 1 is 1.47 bits per heavy atom. The Morgan fingerprint density at radius 2 is 2.16 bits per heavy atom. The maximum absolute atomic E-state index is 12.7. The molecule has 0 spiro atoms. The number of furan rings is 1. The predicted octanol–water partition coefficient (Wildman–Crippen LogP) is 2.12. The second-order valence-corrected chi connectivity index (χ2v) is 6.96. The van der Waals surface area contributed by atoms with Gasteiger partial charge >= 0.3 is 0 Å². The molecule has 0 amide bonds. The van der Waals surface area contributed by atoms with E-state index in [1.165, 1.54) is 10.4 Å². The Morgan fingerprint density at radius 3 is 2.74 bits per heavy atom. The second kappa shape index (κ2) is 5.44. The van der Waals surface area contributed by atoms with Crippen molar-refractivity contribution in [1.29, 1.82) is 0 Å². The van der Waals surface area contributed by atoms with Gasteiger partial charge in [0.25, 0.3) is 0 Å². The van der Waals surface area contributed by atoms with Gasteiger partial charge in [0.1, 0.15) is 16.4 Å². The summed E-state index contributed by atoms with van der Waals surface area (Å²) in [5, 5.41) is 0. The van der Waals surface area contributed by atoms with Crippen LogP contribution in [-0.2, 0) is 20.6 Å². The fraction of sp³-hybridized carbons (Fsp3) is 0.667. The van der Waals surface area contributed by atoms with Crippen LogP contribution in [0.1, 0.15) is 25.4 Å². The quantitative estimate of drug-likeness (QED) is 0.803. The number of rotatable bonds is 3. The topological polar surface area (TPSA) is 59.8 Å². The van der Waals surface area contributed by atoms with Crippen LogP contribution in [0.15, 0.2) is 15.4 Å². The van der Waals surface area contributed by atoms with Crippen LogP contribution < -0.4 is 0 Å². The summed E-state index contributed by atoms with van der Waals surface area (Å²) < 4.78 is 37.6. The normalized spacial score (nSPS) is 25.7. The molecule has 1 aromatic rings. The van der Waals surface area contributed by atoms with Crippen molar-refractivity contribution >= 4 is 21.6 Å². The van der Waals surface area contributed by atoms with Gasteiger partial charge < -0.3 is 9.15 Å². The molecule has 0 aromatic carbocycles. The minimum atomic E-state index is -3.56. The van der Waals surface area contributed by atoms with Gasteiger partial charge in [0.05, 0.1) is 18.6 Å². The van der Waals surface area contributed by atoms with Crippen molar-refractivity contribution < 1.29 is 17.6 Å². The lowest BCUT2D eigenvalue weighted by Crippen LogP contribution is -2.50. The third kappa shape index (κ3) is 2.81. The number of halogens is 1. The molecule has 19 heavy (non-hydrogen) atoms. The predicted molar refractivity (Wildman–Crippen MR) is 71.8 cm³/mol. The lowest BCUT2D eigenvalue weighted by atomic mass is 10.2. The van der Waals surface area contributed by atoms with Crippen LogP contribution in [-0.4, -0.2) is 38.0 Å². The average Bonchev–Trinajstić information content (AvgIpc) is 2.74. The lowest BCUT2D eigenvalue weighted by Gasteiger charge is -2.35. The Labute approximate surface area is 118 Å². The molecule has 0 radical (unpaired) electrons. The molecule has 0 N–H and O–H groups in total. The molecule has 7 heteroatoms. The van der Waals surface area contributed by atoms with Crippen LogP contribution in [0.25, 0.3) is 0 Å². The standard InChI is InChI=1S/C12H18ClNO4S/c1-8-7-17-9(2)6-14(8)19(15,16)12-4-11(5-13)18-10(12)3/h4,8-9H,5-7H2,1-3H3. The van der Waals surface area contributed by atoms with Crippen molar-refractivity contribution in [2.24, 2.45) is 0 Å². The highest BCUT2D eigenvalue weighted by Gasteiger charge is 2.36. The number of hydrogen-bond donors (Lipinski definition) is 0. The van der Waals surface area contributed by atoms with Gasteiger partial charge in [-0.15, -0.1) is 11.6 Å². The second-order valence-electron chi connectivity index (χ2n) is 4.83. The summed E-state index contributed by atoms with van der Waals surface area (Å²) in [5.41, 5.74) is 0. The van der Waals surface area contributed by atoms with Gasteiger partial charge in [-0.2, -0.15) is 4.31 Å². The summed E-state index contributed by atoms with van der Waals surface area (Å²) in [6.07, 6.45) is -0.106. The van der Waals surface area contributed by atoms with Gasteiger partial charge in [0, 0.05) is 18.7 Å². The molecule has 2 rings (SSSR count). The van der Waals surface area contributed by atoms with E-state index in [0.717, 1.165) is 0 Å². The Balaban J connectivity index is 2.37. The molecule has 1 aliphatic rings. The van der Waals surface area contributed by atoms with Crippen molar-refractivity contribution in [2.75, 3.05) is 13.2 Å². The van der Waals surface area contributed by atoms with E-state index in [9.17, 15) is 8.42 Å². The maximum atomic E-state index is 12.7. The third-order valence-electron chi connectivity index (χ3n) is 3.19. The largest absolute Gasteiger partial charge is 0.464 e. The van der Waals surface area contributed by atoms with E-state index in [4.69, 9.17) is 20.8 Å². The molecule has 1 aromatic heterocycles. The SMILES string of the molecule is Cc1oc(CCl)cc1S(=O)(=O)N1CC(C)OCC1C. The molecular weight excluding hydrogens is 290 g/mol. The number of aryl methyl sites for hydroxylation is 1. The highest BCUT2D eigenvalue weighted by molar-refractivity contribution is 7.89. The van der Waals surface area contributed by atoms with Crippen molar-refractivity contribution in [2.45, 2.75) is 43.7 Å². The van der Waals surface area contributed by atoms with Crippen molar-refractivity contribution in [3.63, 3.8) is 0 Å². The first kappa shape index (κ1) is 14.8. The molecule has 0 aliphatic carbocycles. The van der Waals surface area contributed by atoms with Crippen molar-refractivity contribution in [3.8, 4) is 0 Å². The van der Waals surface area contributed by atoms with Gasteiger partial charge in [-0.05, 0) is 20.8 Å². The zero-order valence-corrected chi connectivity index (χ0v) is 12.8. The number of ether oxygens (including phenoxy) is 1. The first-order valence-electron chi connectivity index (χ1n) is 6.15. The van der Waals surface area contributed by atoms with Crippen LogP contribution in [0, 0.1) is 6.92 Å². The minimum absolute atomic E-state index is 0.106. The molecule has 1 fully saturated rings. The molecule has 0 saturated carbocycles. The number of alkyl halides is 1. The van der Waals surface area contributed by atoms with Gasteiger partial charge in [-0.3, -0.25) is 0 Å². The number of sulfonamides is 1. The molecule has 108 valence electrons. The fourth-order valence-corrected chi connectivity index (χ4v) is 4.19. The number of nitrogens with zero attached hydrogens (tertiary/aromatic N) is 1. The highest BCUT2D eigenvalue weighted by atomic mass is 35.5. The van der Waals surface area contributed by atoms with Gasteiger partial charge in [0.2, 0.25) is 10.0 Å². The maximum Gasteiger partial charge on any atom is 0.246 e. The first-order valence-corrected chi connectivity index (χ1v) is 8.12. The van der Waals surface area contributed by atoms with E-state index in [0.29, 0.717) is 24.7 Å². The molecule has 1 saturated heterocycles. The third-order valence-corrected chi connectivity index (χ3v) is 5.54. The Hall–Kier alpha value is -0.560. The summed E-state index contributed by atoms with van der Waals surface area (Å²) in [7, 11) is -3.56. The lowest BCUT2D eigenvalue weighted by molar-refractivity contribution is -0.0170. The summed E-state index contributed by atoms with van der Waals surface area (Å²) in [5.74, 6) is 1.000. The molecule has 1 aliphatic heterocycles. The van der Waals surface area contributed by atoms with Crippen LogP contribution in [0.2, 0.25) is 0 Å². The summed E-state index contributed by atoms with van der Waals surface area (Å²) >= 11 is 5.68. The molecular formula is C12H18ClNO4S. The van der Waals surface area contributed by atoms with Crippen LogP contribution >= 0.6 is 11.6 Å². The van der Waals surface area contributed by atoms with E-state index < -0.39 is 10.0 Å². The van der Waals surface area contributed by atoms with Crippen molar-refractivity contribution in [1.82, 2.24) is 4.31 Å². The summed E-state index contributed by atoms with van der Waals surface area (Å²) in [4.78, 5) is 0.198. The Bertz CT molecular complexity index is 554. The highest BCUT2D eigenvalue weighted by Crippen LogP contribution is 2.27. The van der Waals surface area contributed by atoms with E-state index in [1.54, 1.807) is 6.92 Å².